The normalized spacial score (nSPS) is 16.5. The molecule has 5 nitrogen and oxygen atoms in total. The van der Waals surface area contributed by atoms with Gasteiger partial charge in [0.1, 0.15) is 22.9 Å². The van der Waals surface area contributed by atoms with Crippen LogP contribution >= 0.6 is 0 Å². The van der Waals surface area contributed by atoms with E-state index in [1.54, 1.807) is 0 Å². The molecule has 0 radical (unpaired) electrons. The van der Waals surface area contributed by atoms with Crippen molar-refractivity contribution >= 4 is 28.3 Å². The maximum absolute atomic E-state index is 13.0. The molecule has 0 spiro atoms. The summed E-state index contributed by atoms with van der Waals surface area (Å²) in [5.41, 5.74) is 1.28. The first-order valence-electron chi connectivity index (χ1n) is 10.5. The van der Waals surface area contributed by atoms with E-state index in [0.29, 0.717) is 17.5 Å². The van der Waals surface area contributed by atoms with E-state index in [2.05, 4.69) is 29.3 Å². The Labute approximate surface area is 175 Å². The Kier molecular flexibility index (Phi) is 6.12. The van der Waals surface area contributed by atoms with Crippen LogP contribution in [0, 0.1) is 5.82 Å². The molecule has 1 aromatic heterocycles. The van der Waals surface area contributed by atoms with Gasteiger partial charge in [0.25, 0.3) is 5.91 Å². The first kappa shape index (κ1) is 20.1. The third-order valence-electron chi connectivity index (χ3n) is 5.55. The molecule has 2 aromatic carbocycles. The predicted octanol–water partition coefficient (Wildman–Crippen LogP) is 5.16. The minimum Gasteiger partial charge on any atom is -0.481 e. The molecule has 0 bridgehead atoms. The molecule has 1 aliphatic heterocycles. The first-order valence-corrected chi connectivity index (χ1v) is 10.5. The second-order valence-electron chi connectivity index (χ2n) is 7.59. The summed E-state index contributed by atoms with van der Waals surface area (Å²) < 4.78 is 18.8. The number of amides is 1. The summed E-state index contributed by atoms with van der Waals surface area (Å²) in [5, 5.41) is 3.68. The molecule has 1 amide bonds. The Hall–Kier alpha value is -3.15. The van der Waals surface area contributed by atoms with Crippen LogP contribution in [0.5, 0.6) is 5.75 Å². The number of carbonyl (C=O) groups excluding carboxylic acids is 1. The Morgan fingerprint density at radius 1 is 1.17 bits per heavy atom. The second kappa shape index (κ2) is 9.11. The van der Waals surface area contributed by atoms with Gasteiger partial charge in [-0.1, -0.05) is 19.1 Å². The zero-order valence-corrected chi connectivity index (χ0v) is 17.1. The first-order chi connectivity index (χ1) is 14.6. The molecule has 1 unspecified atom stereocenters. The van der Waals surface area contributed by atoms with Crippen LogP contribution in [0.2, 0.25) is 0 Å². The summed E-state index contributed by atoms with van der Waals surface area (Å²) >= 11 is 0. The molecular formula is C24H26FN3O2. The summed E-state index contributed by atoms with van der Waals surface area (Å²) in [6.07, 6.45) is 4.73. The van der Waals surface area contributed by atoms with Crippen LogP contribution in [-0.4, -0.2) is 30.1 Å². The van der Waals surface area contributed by atoms with E-state index in [-0.39, 0.29) is 18.3 Å². The fourth-order valence-corrected chi connectivity index (χ4v) is 3.99. The summed E-state index contributed by atoms with van der Waals surface area (Å²) in [6.45, 7) is 3.09. The van der Waals surface area contributed by atoms with Gasteiger partial charge in [-0.05, 0) is 68.1 Å². The van der Waals surface area contributed by atoms with Crippen LogP contribution < -0.4 is 15.0 Å². The predicted molar refractivity (Wildman–Crippen MR) is 118 cm³/mol. The van der Waals surface area contributed by atoms with Crippen molar-refractivity contribution in [1.29, 1.82) is 0 Å². The number of carbonyl (C=O) groups is 1. The van der Waals surface area contributed by atoms with Crippen LogP contribution in [0.1, 0.15) is 32.6 Å². The van der Waals surface area contributed by atoms with Crippen LogP contribution in [0.3, 0.4) is 0 Å². The SMILES string of the molecule is CCC1CCCCN1c1ccc2cccc(OCC(=O)Nc3ccc(F)cc3)c2n1. The van der Waals surface area contributed by atoms with Gasteiger partial charge in [-0.25, -0.2) is 9.37 Å². The van der Waals surface area contributed by atoms with Crippen LogP contribution in [-0.2, 0) is 4.79 Å². The lowest BCUT2D eigenvalue weighted by atomic mass is 10.00. The molecule has 4 rings (SSSR count). The van der Waals surface area contributed by atoms with Crippen molar-refractivity contribution in [3.05, 3.63) is 60.4 Å². The van der Waals surface area contributed by atoms with Gasteiger partial charge in [-0.3, -0.25) is 4.79 Å². The van der Waals surface area contributed by atoms with Crippen molar-refractivity contribution in [2.75, 3.05) is 23.4 Å². The average Bonchev–Trinajstić information content (AvgIpc) is 2.79. The van der Waals surface area contributed by atoms with Gasteiger partial charge in [0.05, 0.1) is 0 Å². The standard InChI is InChI=1S/C24H26FN3O2/c1-2-20-7-3-4-15-28(20)22-14-9-17-6-5-8-21(24(17)27-22)30-16-23(29)26-19-12-10-18(25)11-13-19/h5-6,8-14,20H,2-4,7,15-16H2,1H3,(H,26,29). The van der Waals surface area contributed by atoms with E-state index in [1.807, 2.05) is 18.2 Å². The lowest BCUT2D eigenvalue weighted by molar-refractivity contribution is -0.118. The Bertz CT molecular complexity index is 1020. The van der Waals surface area contributed by atoms with Gasteiger partial charge in [0.2, 0.25) is 0 Å². The number of rotatable bonds is 6. The number of benzene rings is 2. The number of piperidine rings is 1. The number of fused-ring (bicyclic) bond motifs is 1. The highest BCUT2D eigenvalue weighted by Crippen LogP contribution is 2.30. The Morgan fingerprint density at radius 2 is 2.00 bits per heavy atom. The van der Waals surface area contributed by atoms with Gasteiger partial charge in [-0.2, -0.15) is 0 Å². The van der Waals surface area contributed by atoms with Gasteiger partial charge in [-0.15, -0.1) is 0 Å². The highest BCUT2D eigenvalue weighted by molar-refractivity contribution is 5.92. The van der Waals surface area contributed by atoms with E-state index in [9.17, 15) is 9.18 Å². The maximum atomic E-state index is 13.0. The minimum atomic E-state index is -0.346. The molecule has 6 heteroatoms. The van der Waals surface area contributed by atoms with Gasteiger partial charge in [0, 0.05) is 23.7 Å². The Morgan fingerprint density at radius 3 is 2.80 bits per heavy atom. The van der Waals surface area contributed by atoms with Crippen molar-refractivity contribution in [2.45, 2.75) is 38.6 Å². The van der Waals surface area contributed by atoms with Gasteiger partial charge < -0.3 is 15.0 Å². The molecule has 0 saturated carbocycles. The van der Waals surface area contributed by atoms with Crippen molar-refractivity contribution in [3.63, 3.8) is 0 Å². The quantitative estimate of drug-likeness (QED) is 0.613. The molecule has 156 valence electrons. The lowest BCUT2D eigenvalue weighted by Crippen LogP contribution is -2.39. The lowest BCUT2D eigenvalue weighted by Gasteiger charge is -2.36. The van der Waals surface area contributed by atoms with Crippen molar-refractivity contribution < 1.29 is 13.9 Å². The number of nitrogens with zero attached hydrogens (tertiary/aromatic N) is 2. The molecular weight excluding hydrogens is 381 g/mol. The summed E-state index contributed by atoms with van der Waals surface area (Å²) in [7, 11) is 0. The largest absolute Gasteiger partial charge is 0.481 e. The van der Waals surface area contributed by atoms with E-state index in [1.165, 1.54) is 43.5 Å². The molecule has 1 fully saturated rings. The van der Waals surface area contributed by atoms with Crippen LogP contribution in [0.25, 0.3) is 10.9 Å². The van der Waals surface area contributed by atoms with E-state index in [4.69, 9.17) is 9.72 Å². The molecule has 1 aliphatic rings. The van der Waals surface area contributed by atoms with E-state index >= 15 is 0 Å². The fourth-order valence-electron chi connectivity index (χ4n) is 3.99. The minimum absolute atomic E-state index is 0.149. The maximum Gasteiger partial charge on any atom is 0.262 e. The second-order valence-corrected chi connectivity index (χ2v) is 7.59. The third-order valence-corrected chi connectivity index (χ3v) is 5.55. The number of para-hydroxylation sites is 1. The molecule has 1 saturated heterocycles. The van der Waals surface area contributed by atoms with Crippen LogP contribution in [0.4, 0.5) is 15.9 Å². The molecule has 2 heterocycles. The number of nitrogens with one attached hydrogen (secondary N) is 1. The summed E-state index contributed by atoms with van der Waals surface area (Å²) in [4.78, 5) is 19.5. The van der Waals surface area contributed by atoms with Gasteiger partial charge in [0.15, 0.2) is 6.61 Å². The number of hydrogen-bond donors (Lipinski definition) is 1. The molecule has 30 heavy (non-hydrogen) atoms. The monoisotopic (exact) mass is 407 g/mol. The van der Waals surface area contributed by atoms with Crippen molar-refractivity contribution in [3.8, 4) is 5.75 Å². The number of anilines is 2. The Balaban J connectivity index is 1.50. The number of hydrogen-bond acceptors (Lipinski definition) is 4. The zero-order valence-electron chi connectivity index (χ0n) is 17.1. The highest BCUT2D eigenvalue weighted by atomic mass is 19.1. The van der Waals surface area contributed by atoms with E-state index < -0.39 is 0 Å². The van der Waals surface area contributed by atoms with Gasteiger partial charge >= 0.3 is 0 Å². The van der Waals surface area contributed by atoms with Crippen LogP contribution in [0.15, 0.2) is 54.6 Å². The topological polar surface area (TPSA) is 54.5 Å². The zero-order chi connectivity index (χ0) is 20.9. The number of ether oxygens (including phenoxy) is 1. The molecule has 1 atom stereocenters. The molecule has 1 N–H and O–H groups in total. The highest BCUT2D eigenvalue weighted by Gasteiger charge is 2.22. The van der Waals surface area contributed by atoms with Crippen molar-refractivity contribution in [1.82, 2.24) is 4.98 Å². The summed E-state index contributed by atoms with van der Waals surface area (Å²) in [6, 6.07) is 16.0. The third kappa shape index (κ3) is 4.53. The smallest absolute Gasteiger partial charge is 0.262 e. The fraction of sp³-hybridized carbons (Fsp3) is 0.333. The van der Waals surface area contributed by atoms with E-state index in [0.717, 1.165) is 29.7 Å². The number of pyridine rings is 1. The molecule has 3 aromatic rings. The van der Waals surface area contributed by atoms with Crippen molar-refractivity contribution in [2.24, 2.45) is 0 Å². The molecule has 0 aliphatic carbocycles. The number of aromatic nitrogens is 1. The average molecular weight is 407 g/mol. The number of halogens is 1. The summed E-state index contributed by atoms with van der Waals surface area (Å²) in [5.74, 6) is 0.882.